The molecular formula is C19H17F3N2O3S. The zero-order chi connectivity index (χ0) is 20.9. The van der Waals surface area contributed by atoms with Gasteiger partial charge in [-0.2, -0.15) is 17.9 Å². The minimum atomic E-state index is -4.49. The monoisotopic (exact) mass is 410 g/mol. The van der Waals surface area contributed by atoms with Gasteiger partial charge in [0.15, 0.2) is 0 Å². The van der Waals surface area contributed by atoms with Gasteiger partial charge in [0.1, 0.15) is 0 Å². The Morgan fingerprint density at radius 2 is 1.86 bits per heavy atom. The lowest BCUT2D eigenvalue weighted by molar-refractivity contribution is -0.137. The van der Waals surface area contributed by atoms with Crippen LogP contribution in [-0.2, 0) is 16.2 Å². The average molecular weight is 410 g/mol. The Kier molecular flexibility index (Phi) is 6.48. The maximum atomic E-state index is 12.8. The van der Waals surface area contributed by atoms with Crippen molar-refractivity contribution in [3.05, 3.63) is 65.2 Å². The quantitative estimate of drug-likeness (QED) is 0.719. The third-order valence-corrected chi connectivity index (χ3v) is 5.23. The molecule has 2 aromatic carbocycles. The van der Waals surface area contributed by atoms with Gasteiger partial charge in [-0.1, -0.05) is 24.1 Å². The predicted octanol–water partition coefficient (Wildman–Crippen LogP) is 3.11. The minimum Gasteiger partial charge on any atom is -0.346 e. The van der Waals surface area contributed by atoms with E-state index in [-0.39, 0.29) is 22.6 Å². The molecule has 0 aliphatic heterocycles. The Morgan fingerprint density at radius 3 is 2.50 bits per heavy atom. The van der Waals surface area contributed by atoms with Crippen LogP contribution in [0.5, 0.6) is 0 Å². The van der Waals surface area contributed by atoms with Crippen LogP contribution in [0.1, 0.15) is 34.5 Å². The van der Waals surface area contributed by atoms with Crippen molar-refractivity contribution in [2.45, 2.75) is 24.0 Å². The SMILES string of the molecule is C#CCNS(=O)(=O)c1cccc(C(=O)N[C@@H](C)c2cccc(C(F)(F)F)c2)c1. The van der Waals surface area contributed by atoms with Gasteiger partial charge in [0.2, 0.25) is 10.0 Å². The van der Waals surface area contributed by atoms with E-state index in [1.807, 2.05) is 0 Å². The van der Waals surface area contributed by atoms with Crippen molar-refractivity contribution in [3.63, 3.8) is 0 Å². The number of benzene rings is 2. The fourth-order valence-electron chi connectivity index (χ4n) is 2.37. The summed E-state index contributed by atoms with van der Waals surface area (Å²) in [4.78, 5) is 12.3. The molecule has 9 heteroatoms. The molecule has 0 aliphatic rings. The Hall–Kier alpha value is -2.83. The fourth-order valence-corrected chi connectivity index (χ4v) is 3.35. The Labute approximate surface area is 161 Å². The summed E-state index contributed by atoms with van der Waals surface area (Å²) in [5, 5.41) is 2.56. The number of rotatable bonds is 6. The highest BCUT2D eigenvalue weighted by Gasteiger charge is 2.30. The zero-order valence-electron chi connectivity index (χ0n) is 14.7. The minimum absolute atomic E-state index is 0.0439. The first-order valence-corrected chi connectivity index (χ1v) is 9.54. The molecule has 2 aromatic rings. The van der Waals surface area contributed by atoms with Gasteiger partial charge in [-0.3, -0.25) is 4.79 Å². The van der Waals surface area contributed by atoms with Gasteiger partial charge in [0.25, 0.3) is 5.91 Å². The third kappa shape index (κ3) is 5.34. The molecule has 1 atom stereocenters. The van der Waals surface area contributed by atoms with Gasteiger partial charge in [-0.05, 0) is 42.8 Å². The topological polar surface area (TPSA) is 75.3 Å². The van der Waals surface area contributed by atoms with Crippen molar-refractivity contribution in [2.24, 2.45) is 0 Å². The van der Waals surface area contributed by atoms with Crippen molar-refractivity contribution < 1.29 is 26.4 Å². The highest BCUT2D eigenvalue weighted by Crippen LogP contribution is 2.30. The molecule has 0 aromatic heterocycles. The summed E-state index contributed by atoms with van der Waals surface area (Å²) in [6.07, 6.45) is 0.536. The maximum Gasteiger partial charge on any atom is 0.416 e. The first-order valence-electron chi connectivity index (χ1n) is 8.06. The van der Waals surface area contributed by atoms with E-state index in [9.17, 15) is 26.4 Å². The number of carbonyl (C=O) groups excluding carboxylic acids is 1. The molecule has 0 bridgehead atoms. The van der Waals surface area contributed by atoms with Gasteiger partial charge in [-0.25, -0.2) is 8.42 Å². The Morgan fingerprint density at radius 1 is 1.18 bits per heavy atom. The summed E-state index contributed by atoms with van der Waals surface area (Å²) in [5.41, 5.74) is -0.510. The van der Waals surface area contributed by atoms with E-state index < -0.39 is 33.7 Å². The standard InChI is InChI=1S/C19H17F3N2O3S/c1-3-10-23-28(26,27)17-9-5-7-15(12-17)18(25)24-13(2)14-6-4-8-16(11-14)19(20,21)22/h1,4-9,11-13,23H,10H2,2H3,(H,24,25)/t13-/m0/s1. The summed E-state index contributed by atoms with van der Waals surface area (Å²) in [5.74, 6) is 1.51. The van der Waals surface area contributed by atoms with E-state index in [1.54, 1.807) is 0 Å². The molecule has 0 unspecified atom stereocenters. The summed E-state index contributed by atoms with van der Waals surface area (Å²) in [6, 6.07) is 9.12. The molecule has 0 aliphatic carbocycles. The zero-order valence-corrected chi connectivity index (χ0v) is 15.6. The van der Waals surface area contributed by atoms with Crippen LogP contribution in [0, 0.1) is 12.3 Å². The lowest BCUT2D eigenvalue weighted by atomic mass is 10.0. The van der Waals surface area contributed by atoms with E-state index in [0.717, 1.165) is 18.2 Å². The molecule has 0 spiro atoms. The van der Waals surface area contributed by atoms with E-state index in [2.05, 4.69) is 16.0 Å². The third-order valence-electron chi connectivity index (χ3n) is 3.83. The van der Waals surface area contributed by atoms with E-state index in [0.29, 0.717) is 0 Å². The Balaban J connectivity index is 2.20. The van der Waals surface area contributed by atoms with Crippen LogP contribution in [0.3, 0.4) is 0 Å². The molecule has 148 valence electrons. The molecule has 0 saturated heterocycles. The average Bonchev–Trinajstić information content (AvgIpc) is 2.66. The normalized spacial score (nSPS) is 12.8. The Bertz CT molecular complexity index is 1010. The second kappa shape index (κ2) is 8.46. The first-order chi connectivity index (χ1) is 13.0. The number of hydrogen-bond acceptors (Lipinski definition) is 3. The summed E-state index contributed by atoms with van der Waals surface area (Å²) >= 11 is 0. The molecule has 5 nitrogen and oxygen atoms in total. The van der Waals surface area contributed by atoms with Crippen LogP contribution < -0.4 is 10.0 Å². The number of terminal acetylenes is 1. The second-order valence-electron chi connectivity index (χ2n) is 5.87. The van der Waals surface area contributed by atoms with Crippen molar-refractivity contribution >= 4 is 15.9 Å². The maximum absolute atomic E-state index is 12.8. The second-order valence-corrected chi connectivity index (χ2v) is 7.64. The number of nitrogens with one attached hydrogen (secondary N) is 2. The molecule has 0 heterocycles. The van der Waals surface area contributed by atoms with Crippen LogP contribution in [0.25, 0.3) is 0 Å². The highest BCUT2D eigenvalue weighted by molar-refractivity contribution is 7.89. The number of carbonyl (C=O) groups is 1. The summed E-state index contributed by atoms with van der Waals surface area (Å²) < 4.78 is 64.9. The molecule has 1 amide bonds. The molecule has 0 fully saturated rings. The van der Waals surface area contributed by atoms with Crippen molar-refractivity contribution in [1.29, 1.82) is 0 Å². The number of amides is 1. The number of halogens is 3. The molecule has 0 saturated carbocycles. The molecular weight excluding hydrogens is 393 g/mol. The number of sulfonamides is 1. The van der Waals surface area contributed by atoms with Crippen molar-refractivity contribution in [1.82, 2.24) is 10.0 Å². The van der Waals surface area contributed by atoms with E-state index in [1.165, 1.54) is 37.3 Å². The van der Waals surface area contributed by atoms with E-state index in [4.69, 9.17) is 6.42 Å². The predicted molar refractivity (Wildman–Crippen MR) is 97.8 cm³/mol. The number of hydrogen-bond donors (Lipinski definition) is 2. The van der Waals surface area contributed by atoms with Crippen molar-refractivity contribution in [2.75, 3.05) is 6.54 Å². The lowest BCUT2D eigenvalue weighted by Gasteiger charge is -2.16. The molecule has 0 radical (unpaired) electrons. The first kappa shape index (κ1) is 21.5. The van der Waals surface area contributed by atoms with Crippen LogP contribution in [0.15, 0.2) is 53.4 Å². The largest absolute Gasteiger partial charge is 0.416 e. The van der Waals surface area contributed by atoms with Gasteiger partial charge in [0, 0.05) is 5.56 Å². The van der Waals surface area contributed by atoms with Crippen molar-refractivity contribution in [3.8, 4) is 12.3 Å². The van der Waals surface area contributed by atoms with Gasteiger partial charge >= 0.3 is 6.18 Å². The summed E-state index contributed by atoms with van der Waals surface area (Å²) in [6.45, 7) is 1.33. The van der Waals surface area contributed by atoms with Gasteiger partial charge in [-0.15, -0.1) is 6.42 Å². The van der Waals surface area contributed by atoms with Crippen LogP contribution in [0.2, 0.25) is 0 Å². The summed E-state index contributed by atoms with van der Waals surface area (Å²) in [7, 11) is -3.88. The number of alkyl halides is 3. The van der Waals surface area contributed by atoms with Gasteiger partial charge in [0.05, 0.1) is 23.0 Å². The van der Waals surface area contributed by atoms with Crippen LogP contribution >= 0.6 is 0 Å². The molecule has 28 heavy (non-hydrogen) atoms. The smallest absolute Gasteiger partial charge is 0.346 e. The van der Waals surface area contributed by atoms with Gasteiger partial charge < -0.3 is 5.32 Å². The lowest BCUT2D eigenvalue weighted by Crippen LogP contribution is -2.28. The highest BCUT2D eigenvalue weighted by atomic mass is 32.2. The fraction of sp³-hybridized carbons (Fsp3) is 0.211. The van der Waals surface area contributed by atoms with Crippen LogP contribution in [0.4, 0.5) is 13.2 Å². The molecule has 2 rings (SSSR count). The van der Waals surface area contributed by atoms with E-state index >= 15 is 0 Å². The molecule has 2 N–H and O–H groups in total. The van der Waals surface area contributed by atoms with Crippen LogP contribution in [-0.4, -0.2) is 20.9 Å².